The van der Waals surface area contributed by atoms with Gasteiger partial charge in [0.2, 0.25) is 5.91 Å². The third-order valence-electron chi connectivity index (χ3n) is 2.78. The van der Waals surface area contributed by atoms with E-state index in [2.05, 4.69) is 0 Å². The molecule has 0 radical (unpaired) electrons. The molecular weight excluding hydrogens is 250 g/mol. The minimum atomic E-state index is -0.557. The van der Waals surface area contributed by atoms with Gasteiger partial charge in [-0.15, -0.1) is 0 Å². The summed E-state index contributed by atoms with van der Waals surface area (Å²) < 4.78 is 0. The third-order valence-corrected chi connectivity index (χ3v) is 3.09. The van der Waals surface area contributed by atoms with Crippen LogP contribution in [0.25, 0.3) is 11.1 Å². The Bertz CT molecular complexity index is 623. The van der Waals surface area contributed by atoms with Gasteiger partial charge in [-0.05, 0) is 41.8 Å². The summed E-state index contributed by atoms with van der Waals surface area (Å²) >= 11 is 5.98. The van der Waals surface area contributed by atoms with Crippen molar-refractivity contribution in [2.75, 3.05) is 0 Å². The van der Waals surface area contributed by atoms with Crippen molar-refractivity contribution in [3.8, 4) is 16.9 Å². The van der Waals surface area contributed by atoms with Crippen LogP contribution in [0.5, 0.6) is 5.75 Å². The molecule has 3 N–H and O–H groups in total. The zero-order valence-corrected chi connectivity index (χ0v) is 10.5. The van der Waals surface area contributed by atoms with Crippen molar-refractivity contribution >= 4 is 17.5 Å². The summed E-state index contributed by atoms with van der Waals surface area (Å²) in [6.07, 6.45) is 0. The maximum absolute atomic E-state index is 11.1. The second kappa shape index (κ2) is 4.70. The van der Waals surface area contributed by atoms with Crippen LogP contribution in [0.15, 0.2) is 36.4 Å². The molecule has 0 heterocycles. The van der Waals surface area contributed by atoms with Gasteiger partial charge < -0.3 is 10.8 Å². The minimum absolute atomic E-state index is 0.225. The summed E-state index contributed by atoms with van der Waals surface area (Å²) in [6.45, 7) is 1.82. The van der Waals surface area contributed by atoms with Gasteiger partial charge in [0.15, 0.2) is 0 Å². The first-order chi connectivity index (χ1) is 8.49. The number of carbonyl (C=O) groups is 1. The van der Waals surface area contributed by atoms with Crippen molar-refractivity contribution < 1.29 is 9.90 Å². The van der Waals surface area contributed by atoms with E-state index in [1.165, 1.54) is 0 Å². The molecule has 0 aliphatic rings. The molecule has 0 bridgehead atoms. The Morgan fingerprint density at radius 1 is 1.17 bits per heavy atom. The van der Waals surface area contributed by atoms with Crippen LogP contribution < -0.4 is 5.73 Å². The maximum Gasteiger partial charge on any atom is 0.250 e. The monoisotopic (exact) mass is 261 g/mol. The van der Waals surface area contributed by atoms with Crippen LogP contribution in [0.1, 0.15) is 15.9 Å². The smallest absolute Gasteiger partial charge is 0.250 e. The average Bonchev–Trinajstić information content (AvgIpc) is 2.32. The van der Waals surface area contributed by atoms with Gasteiger partial charge in [-0.3, -0.25) is 4.79 Å². The van der Waals surface area contributed by atoms with Gasteiger partial charge >= 0.3 is 0 Å². The number of amides is 1. The largest absolute Gasteiger partial charge is 0.508 e. The Morgan fingerprint density at radius 2 is 1.78 bits per heavy atom. The normalized spacial score (nSPS) is 10.3. The van der Waals surface area contributed by atoms with Crippen molar-refractivity contribution in [2.24, 2.45) is 5.73 Å². The van der Waals surface area contributed by atoms with Gasteiger partial charge in [0.1, 0.15) is 5.75 Å². The molecule has 0 saturated carbocycles. The fraction of sp³-hybridized carbons (Fsp3) is 0.0714. The molecule has 0 unspecified atom stereocenters. The summed E-state index contributed by atoms with van der Waals surface area (Å²) in [5.74, 6) is -0.332. The molecule has 0 atom stereocenters. The van der Waals surface area contributed by atoms with Gasteiger partial charge in [0.05, 0.1) is 10.6 Å². The van der Waals surface area contributed by atoms with Crippen molar-refractivity contribution in [1.29, 1.82) is 0 Å². The van der Waals surface area contributed by atoms with Gasteiger partial charge in [-0.25, -0.2) is 0 Å². The van der Waals surface area contributed by atoms with Crippen LogP contribution in [0, 0.1) is 6.92 Å². The lowest BCUT2D eigenvalue weighted by Gasteiger charge is -2.07. The van der Waals surface area contributed by atoms with Gasteiger partial charge in [0.25, 0.3) is 0 Å². The van der Waals surface area contributed by atoms with Gasteiger partial charge in [-0.1, -0.05) is 29.8 Å². The second-order valence-electron chi connectivity index (χ2n) is 4.06. The maximum atomic E-state index is 11.1. The Hall–Kier alpha value is -2.00. The average molecular weight is 262 g/mol. The van der Waals surface area contributed by atoms with Crippen molar-refractivity contribution in [2.45, 2.75) is 6.92 Å². The highest BCUT2D eigenvalue weighted by molar-refractivity contribution is 6.34. The van der Waals surface area contributed by atoms with Crippen molar-refractivity contribution in [3.05, 3.63) is 52.5 Å². The molecule has 2 rings (SSSR count). The summed E-state index contributed by atoms with van der Waals surface area (Å²) in [7, 11) is 0. The Balaban J connectivity index is 2.48. The number of hydrogen-bond acceptors (Lipinski definition) is 2. The molecule has 3 nitrogen and oxygen atoms in total. The summed E-state index contributed by atoms with van der Waals surface area (Å²) in [6, 6.07) is 10.3. The zero-order chi connectivity index (χ0) is 13.3. The number of rotatable bonds is 2. The van der Waals surface area contributed by atoms with Crippen LogP contribution in [-0.4, -0.2) is 11.0 Å². The van der Waals surface area contributed by atoms with Crippen molar-refractivity contribution in [3.63, 3.8) is 0 Å². The lowest BCUT2D eigenvalue weighted by molar-refractivity contribution is 0.100. The summed E-state index contributed by atoms with van der Waals surface area (Å²) in [4.78, 5) is 11.1. The highest BCUT2D eigenvalue weighted by atomic mass is 35.5. The molecule has 4 heteroatoms. The highest BCUT2D eigenvalue weighted by Crippen LogP contribution is 2.29. The Morgan fingerprint density at radius 3 is 2.33 bits per heavy atom. The molecule has 2 aromatic carbocycles. The van der Waals surface area contributed by atoms with Crippen LogP contribution >= 0.6 is 11.6 Å². The van der Waals surface area contributed by atoms with E-state index in [1.807, 2.05) is 19.1 Å². The highest BCUT2D eigenvalue weighted by Gasteiger charge is 2.08. The number of halogens is 1. The first kappa shape index (κ1) is 12.5. The number of primary amides is 1. The molecule has 18 heavy (non-hydrogen) atoms. The number of aryl methyl sites for hydroxylation is 1. The quantitative estimate of drug-likeness (QED) is 0.872. The van der Waals surface area contributed by atoms with E-state index >= 15 is 0 Å². The summed E-state index contributed by atoms with van der Waals surface area (Å²) in [5.41, 5.74) is 7.93. The molecule has 92 valence electrons. The number of phenols is 1. The van der Waals surface area contributed by atoms with Gasteiger partial charge in [0, 0.05) is 0 Å². The molecule has 0 saturated heterocycles. The molecule has 0 aliphatic carbocycles. The van der Waals surface area contributed by atoms with Crippen molar-refractivity contribution in [1.82, 2.24) is 0 Å². The van der Waals surface area contributed by atoms with E-state index in [1.54, 1.807) is 24.3 Å². The van der Waals surface area contributed by atoms with E-state index in [4.69, 9.17) is 17.3 Å². The lowest BCUT2D eigenvalue weighted by Crippen LogP contribution is -2.11. The second-order valence-corrected chi connectivity index (χ2v) is 4.47. The fourth-order valence-electron chi connectivity index (χ4n) is 1.68. The lowest BCUT2D eigenvalue weighted by atomic mass is 10.0. The zero-order valence-electron chi connectivity index (χ0n) is 9.77. The molecular formula is C14H12ClNO2. The first-order valence-corrected chi connectivity index (χ1v) is 5.76. The molecule has 1 amide bonds. The number of hydrogen-bond donors (Lipinski definition) is 2. The SMILES string of the molecule is Cc1ccc(-c2ccc(C(N)=O)c(Cl)c2)cc1O. The fourth-order valence-corrected chi connectivity index (χ4v) is 1.96. The molecule has 0 aliphatic heterocycles. The van der Waals surface area contributed by atoms with Crippen LogP contribution in [0.4, 0.5) is 0 Å². The topological polar surface area (TPSA) is 63.3 Å². The summed E-state index contributed by atoms with van der Waals surface area (Å²) in [5, 5.41) is 9.97. The van der Waals surface area contributed by atoms with Crippen LogP contribution in [0.3, 0.4) is 0 Å². The number of benzene rings is 2. The number of phenolic OH excluding ortho intramolecular Hbond substituents is 1. The molecule has 2 aromatic rings. The van der Waals surface area contributed by atoms with E-state index in [-0.39, 0.29) is 11.3 Å². The van der Waals surface area contributed by atoms with Gasteiger partial charge in [-0.2, -0.15) is 0 Å². The minimum Gasteiger partial charge on any atom is -0.508 e. The number of nitrogens with two attached hydrogens (primary N) is 1. The van der Waals surface area contributed by atoms with E-state index in [0.717, 1.165) is 16.7 Å². The van der Waals surface area contributed by atoms with Crippen LogP contribution in [-0.2, 0) is 0 Å². The van der Waals surface area contributed by atoms with E-state index in [9.17, 15) is 9.90 Å². The Labute approximate surface area is 110 Å². The third kappa shape index (κ3) is 2.31. The van der Waals surface area contributed by atoms with Crippen LogP contribution in [0.2, 0.25) is 5.02 Å². The molecule has 0 spiro atoms. The first-order valence-electron chi connectivity index (χ1n) is 5.38. The predicted octanol–water partition coefficient (Wildman–Crippen LogP) is 3.12. The van der Waals surface area contributed by atoms with E-state index < -0.39 is 5.91 Å². The molecule has 0 fully saturated rings. The Kier molecular flexibility index (Phi) is 3.26. The number of carbonyl (C=O) groups excluding carboxylic acids is 1. The number of aromatic hydroxyl groups is 1. The standard InChI is InChI=1S/C14H12ClNO2/c1-8-2-3-10(7-13(8)17)9-4-5-11(14(16)18)12(15)6-9/h2-7,17H,1H3,(H2,16,18). The van der Waals surface area contributed by atoms with E-state index in [0.29, 0.717) is 5.02 Å². The predicted molar refractivity (Wildman–Crippen MR) is 71.8 cm³/mol. The molecule has 0 aromatic heterocycles.